The highest BCUT2D eigenvalue weighted by atomic mass is 19.4. The molecule has 0 aliphatic heterocycles. The van der Waals surface area contributed by atoms with Crippen LogP contribution in [0.1, 0.15) is 29.3 Å². The minimum absolute atomic E-state index is 0.0515. The lowest BCUT2D eigenvalue weighted by Crippen LogP contribution is -2.31. The van der Waals surface area contributed by atoms with Gasteiger partial charge in [-0.2, -0.15) is 13.2 Å². The summed E-state index contributed by atoms with van der Waals surface area (Å²) < 4.78 is 38.0. The van der Waals surface area contributed by atoms with Gasteiger partial charge in [-0.05, 0) is 11.5 Å². The van der Waals surface area contributed by atoms with E-state index in [1.165, 1.54) is 6.92 Å². The van der Waals surface area contributed by atoms with E-state index < -0.39 is 30.2 Å². The molecule has 92 valence electrons. The van der Waals surface area contributed by atoms with Crippen LogP contribution in [0, 0.1) is 0 Å². The van der Waals surface area contributed by atoms with Crippen molar-refractivity contribution in [3.05, 3.63) is 29.3 Å². The molecular formula is C10H10BF3O3. The molecule has 0 atom stereocenters. The number of alkyl halides is 3. The van der Waals surface area contributed by atoms with E-state index in [0.717, 1.165) is 12.1 Å². The average Bonchev–Trinajstić information content (AvgIpc) is 2.26. The molecule has 1 rings (SSSR count). The molecule has 0 aliphatic carbocycles. The van der Waals surface area contributed by atoms with Gasteiger partial charge in [-0.15, -0.1) is 0 Å². The second-order valence-electron chi connectivity index (χ2n) is 3.45. The Morgan fingerprint density at radius 1 is 1.35 bits per heavy atom. The van der Waals surface area contributed by atoms with Crippen molar-refractivity contribution in [3.8, 4) is 0 Å². The van der Waals surface area contributed by atoms with Crippen LogP contribution in [-0.4, -0.2) is 22.9 Å². The SMILES string of the molecule is CCC(=O)c1ccc(B(O)O)cc1C(F)(F)F. The minimum Gasteiger partial charge on any atom is -0.423 e. The largest absolute Gasteiger partial charge is 0.488 e. The average molecular weight is 246 g/mol. The number of Topliss-reactive ketones (excluding diaryl/α,β-unsaturated/α-hetero) is 1. The Bertz CT molecular complexity index is 429. The summed E-state index contributed by atoms with van der Waals surface area (Å²) in [6, 6.07) is 2.62. The van der Waals surface area contributed by atoms with Crippen molar-refractivity contribution in [3.63, 3.8) is 0 Å². The Labute approximate surface area is 96.0 Å². The predicted octanol–water partition coefficient (Wildman–Crippen LogP) is 0.978. The molecule has 7 heteroatoms. The first-order valence-electron chi connectivity index (χ1n) is 4.87. The van der Waals surface area contributed by atoms with Gasteiger partial charge in [0.1, 0.15) is 0 Å². The molecule has 0 spiro atoms. The molecule has 1 aromatic carbocycles. The van der Waals surface area contributed by atoms with Crippen molar-refractivity contribution in [1.82, 2.24) is 0 Å². The number of rotatable bonds is 3. The van der Waals surface area contributed by atoms with Crippen molar-refractivity contribution >= 4 is 18.4 Å². The van der Waals surface area contributed by atoms with Crippen LogP contribution in [0.15, 0.2) is 18.2 Å². The van der Waals surface area contributed by atoms with Crippen LogP contribution in [0.5, 0.6) is 0 Å². The monoisotopic (exact) mass is 246 g/mol. The van der Waals surface area contributed by atoms with Crippen LogP contribution in [0.4, 0.5) is 13.2 Å². The zero-order valence-corrected chi connectivity index (χ0v) is 8.95. The fourth-order valence-corrected chi connectivity index (χ4v) is 1.39. The maximum atomic E-state index is 12.7. The molecule has 17 heavy (non-hydrogen) atoms. The number of hydrogen-bond acceptors (Lipinski definition) is 3. The molecule has 0 heterocycles. The number of ketones is 1. The van der Waals surface area contributed by atoms with Gasteiger partial charge < -0.3 is 10.0 Å². The molecule has 0 amide bonds. The third-order valence-corrected chi connectivity index (χ3v) is 2.27. The molecule has 0 aliphatic rings. The molecule has 0 unspecified atom stereocenters. The van der Waals surface area contributed by atoms with E-state index in [4.69, 9.17) is 10.0 Å². The van der Waals surface area contributed by atoms with E-state index in [1.807, 2.05) is 0 Å². The van der Waals surface area contributed by atoms with Gasteiger partial charge in [0.15, 0.2) is 5.78 Å². The molecular weight excluding hydrogens is 236 g/mol. The first kappa shape index (κ1) is 13.7. The standard InChI is InChI=1S/C10H10BF3O3/c1-2-9(15)7-4-3-6(11(16)17)5-8(7)10(12,13)14/h3-5,16-17H,2H2,1H3. The summed E-state index contributed by atoms with van der Waals surface area (Å²) in [5, 5.41) is 17.6. The van der Waals surface area contributed by atoms with Crippen molar-refractivity contribution < 1.29 is 28.0 Å². The van der Waals surface area contributed by atoms with Gasteiger partial charge >= 0.3 is 13.3 Å². The number of carbonyl (C=O) groups excluding carboxylic acids is 1. The summed E-state index contributed by atoms with van der Waals surface area (Å²) in [5.74, 6) is -0.642. The van der Waals surface area contributed by atoms with Crippen LogP contribution in [-0.2, 0) is 6.18 Å². The molecule has 2 N–H and O–H groups in total. The Hall–Kier alpha value is -1.34. The van der Waals surface area contributed by atoms with E-state index in [9.17, 15) is 18.0 Å². The summed E-state index contributed by atoms with van der Waals surface area (Å²) in [5.41, 5.74) is -1.90. The first-order valence-corrected chi connectivity index (χ1v) is 4.87. The third kappa shape index (κ3) is 3.07. The van der Waals surface area contributed by atoms with Gasteiger partial charge in [-0.3, -0.25) is 4.79 Å². The third-order valence-electron chi connectivity index (χ3n) is 2.27. The summed E-state index contributed by atoms with van der Waals surface area (Å²) in [6.07, 6.45) is -4.75. The Morgan fingerprint density at radius 2 is 1.94 bits per heavy atom. The fourth-order valence-electron chi connectivity index (χ4n) is 1.39. The molecule has 0 radical (unpaired) electrons. The normalized spacial score (nSPS) is 11.4. The quantitative estimate of drug-likeness (QED) is 0.617. The maximum Gasteiger partial charge on any atom is 0.488 e. The van der Waals surface area contributed by atoms with Crippen LogP contribution >= 0.6 is 0 Å². The molecule has 0 saturated carbocycles. The van der Waals surface area contributed by atoms with E-state index in [0.29, 0.717) is 6.07 Å². The Morgan fingerprint density at radius 3 is 2.35 bits per heavy atom. The number of hydrogen-bond donors (Lipinski definition) is 2. The lowest BCUT2D eigenvalue weighted by atomic mass is 9.78. The van der Waals surface area contributed by atoms with E-state index >= 15 is 0 Å². The first-order chi connectivity index (χ1) is 7.77. The highest BCUT2D eigenvalue weighted by Gasteiger charge is 2.35. The molecule has 0 aromatic heterocycles. The van der Waals surface area contributed by atoms with Crippen LogP contribution < -0.4 is 5.46 Å². The second kappa shape index (κ2) is 4.89. The van der Waals surface area contributed by atoms with E-state index in [1.54, 1.807) is 0 Å². The fraction of sp³-hybridized carbons (Fsp3) is 0.300. The van der Waals surface area contributed by atoms with Crippen LogP contribution in [0.25, 0.3) is 0 Å². The lowest BCUT2D eigenvalue weighted by molar-refractivity contribution is -0.137. The van der Waals surface area contributed by atoms with Crippen molar-refractivity contribution in [2.75, 3.05) is 0 Å². The topological polar surface area (TPSA) is 57.5 Å². The zero-order valence-electron chi connectivity index (χ0n) is 8.95. The maximum absolute atomic E-state index is 12.7. The molecule has 3 nitrogen and oxygen atoms in total. The number of benzene rings is 1. The highest BCUT2D eigenvalue weighted by Crippen LogP contribution is 2.31. The lowest BCUT2D eigenvalue weighted by Gasteiger charge is -2.13. The summed E-state index contributed by atoms with van der Waals surface area (Å²) in [4.78, 5) is 11.3. The summed E-state index contributed by atoms with van der Waals surface area (Å²) in [7, 11) is -2.00. The van der Waals surface area contributed by atoms with Gasteiger partial charge in [0.25, 0.3) is 0 Å². The van der Waals surface area contributed by atoms with Gasteiger partial charge in [0.2, 0.25) is 0 Å². The molecule has 0 saturated heterocycles. The number of halogens is 3. The Kier molecular flexibility index (Phi) is 3.95. The zero-order chi connectivity index (χ0) is 13.2. The van der Waals surface area contributed by atoms with Crippen molar-refractivity contribution in [1.29, 1.82) is 0 Å². The van der Waals surface area contributed by atoms with Crippen LogP contribution in [0.3, 0.4) is 0 Å². The van der Waals surface area contributed by atoms with Crippen molar-refractivity contribution in [2.24, 2.45) is 0 Å². The summed E-state index contributed by atoms with van der Waals surface area (Å²) >= 11 is 0. The minimum atomic E-state index is -4.70. The molecule has 0 bridgehead atoms. The van der Waals surface area contributed by atoms with Gasteiger partial charge in [0, 0.05) is 12.0 Å². The van der Waals surface area contributed by atoms with Crippen LogP contribution in [0.2, 0.25) is 0 Å². The smallest absolute Gasteiger partial charge is 0.423 e. The van der Waals surface area contributed by atoms with Gasteiger partial charge in [-0.25, -0.2) is 0 Å². The molecule has 0 fully saturated rings. The second-order valence-corrected chi connectivity index (χ2v) is 3.45. The van der Waals surface area contributed by atoms with Gasteiger partial charge in [-0.1, -0.05) is 19.1 Å². The van der Waals surface area contributed by atoms with Crippen molar-refractivity contribution in [2.45, 2.75) is 19.5 Å². The Balaban J connectivity index is 3.37. The van der Waals surface area contributed by atoms with E-state index in [-0.39, 0.29) is 11.9 Å². The highest BCUT2D eigenvalue weighted by molar-refractivity contribution is 6.58. The molecule has 1 aromatic rings. The predicted molar refractivity (Wildman–Crippen MR) is 55.9 cm³/mol. The van der Waals surface area contributed by atoms with E-state index in [2.05, 4.69) is 0 Å². The summed E-state index contributed by atoms with van der Waals surface area (Å²) in [6.45, 7) is 1.46. The number of carbonyl (C=O) groups is 1. The van der Waals surface area contributed by atoms with Gasteiger partial charge in [0.05, 0.1) is 5.56 Å².